The summed E-state index contributed by atoms with van der Waals surface area (Å²) in [6.07, 6.45) is -0.0392. The Bertz CT molecular complexity index is 938. The standard InChI is InChI=1S/C22H24N2O4/c1-12(14(3)28-4)23-13(2)22(27)24-15-9-10-18-19(11-15)21(26)17-8-6-5-7-16(17)20(18)25/h5-14,23H,1-4H3,(H,24,27)/t12-,13?,14-/m0/s1. The molecule has 6 heteroatoms. The summed E-state index contributed by atoms with van der Waals surface area (Å²) in [5, 5.41) is 5.99. The van der Waals surface area contributed by atoms with E-state index in [0.29, 0.717) is 27.9 Å². The number of benzene rings is 2. The number of ketones is 2. The molecule has 0 aliphatic heterocycles. The lowest BCUT2D eigenvalue weighted by Gasteiger charge is -2.24. The number of methoxy groups -OCH3 is 1. The Morgan fingerprint density at radius 2 is 1.46 bits per heavy atom. The van der Waals surface area contributed by atoms with Crippen LogP contribution in [0.25, 0.3) is 0 Å². The van der Waals surface area contributed by atoms with Gasteiger partial charge in [0.2, 0.25) is 5.91 Å². The van der Waals surface area contributed by atoms with Gasteiger partial charge < -0.3 is 15.4 Å². The maximum Gasteiger partial charge on any atom is 0.241 e. The summed E-state index contributed by atoms with van der Waals surface area (Å²) >= 11 is 0. The quantitative estimate of drug-likeness (QED) is 0.687. The number of carbonyl (C=O) groups is 3. The average Bonchev–Trinajstić information content (AvgIpc) is 2.71. The summed E-state index contributed by atoms with van der Waals surface area (Å²) in [5.41, 5.74) is 1.95. The lowest BCUT2D eigenvalue weighted by atomic mass is 9.84. The third-order valence-corrected chi connectivity index (χ3v) is 5.17. The van der Waals surface area contributed by atoms with Crippen LogP contribution in [0.2, 0.25) is 0 Å². The van der Waals surface area contributed by atoms with E-state index in [1.54, 1.807) is 56.5 Å². The van der Waals surface area contributed by atoms with Gasteiger partial charge >= 0.3 is 0 Å². The van der Waals surface area contributed by atoms with Crippen molar-refractivity contribution < 1.29 is 19.1 Å². The molecular formula is C22H24N2O4. The molecule has 2 aromatic carbocycles. The number of hydrogen-bond donors (Lipinski definition) is 2. The molecule has 2 aromatic rings. The first kappa shape index (κ1) is 19.9. The van der Waals surface area contributed by atoms with Crippen molar-refractivity contribution in [3.63, 3.8) is 0 Å². The minimum absolute atomic E-state index is 0.00927. The van der Waals surface area contributed by atoms with Gasteiger partial charge in [-0.3, -0.25) is 14.4 Å². The van der Waals surface area contributed by atoms with Gasteiger partial charge in [-0.1, -0.05) is 24.3 Å². The fourth-order valence-electron chi connectivity index (χ4n) is 3.24. The van der Waals surface area contributed by atoms with Crippen LogP contribution in [0.4, 0.5) is 5.69 Å². The molecule has 1 aliphatic rings. The predicted molar refractivity (Wildman–Crippen MR) is 107 cm³/mol. The summed E-state index contributed by atoms with van der Waals surface area (Å²) < 4.78 is 5.26. The minimum Gasteiger partial charge on any atom is -0.380 e. The molecular weight excluding hydrogens is 356 g/mol. The molecule has 1 amide bonds. The van der Waals surface area contributed by atoms with E-state index < -0.39 is 6.04 Å². The van der Waals surface area contributed by atoms with E-state index in [2.05, 4.69) is 10.6 Å². The van der Waals surface area contributed by atoms with Gasteiger partial charge in [-0.2, -0.15) is 0 Å². The number of nitrogens with one attached hydrogen (secondary N) is 2. The summed E-state index contributed by atoms with van der Waals surface area (Å²) in [4.78, 5) is 37.9. The van der Waals surface area contributed by atoms with Gasteiger partial charge in [0.1, 0.15) is 0 Å². The Morgan fingerprint density at radius 3 is 2.07 bits per heavy atom. The fourth-order valence-corrected chi connectivity index (χ4v) is 3.24. The monoisotopic (exact) mass is 380 g/mol. The molecule has 0 radical (unpaired) electrons. The zero-order chi connectivity index (χ0) is 20.4. The Labute approximate surface area is 164 Å². The number of anilines is 1. The molecule has 0 saturated carbocycles. The summed E-state index contributed by atoms with van der Waals surface area (Å²) in [7, 11) is 1.62. The normalized spacial score (nSPS) is 16.0. The Morgan fingerprint density at radius 1 is 0.893 bits per heavy atom. The van der Waals surface area contributed by atoms with Crippen LogP contribution in [-0.4, -0.2) is 42.8 Å². The van der Waals surface area contributed by atoms with Gasteiger partial charge in [-0.15, -0.1) is 0 Å². The molecule has 0 bridgehead atoms. The number of fused-ring (bicyclic) bond motifs is 2. The van der Waals surface area contributed by atoms with Crippen molar-refractivity contribution in [3.8, 4) is 0 Å². The average molecular weight is 380 g/mol. The first-order valence-electron chi connectivity index (χ1n) is 9.25. The molecule has 2 N–H and O–H groups in total. The van der Waals surface area contributed by atoms with Gasteiger partial charge in [0.05, 0.1) is 12.1 Å². The lowest BCUT2D eigenvalue weighted by Crippen LogP contribution is -2.47. The fraction of sp³-hybridized carbons (Fsp3) is 0.318. The SMILES string of the molecule is CO[C@@H](C)[C@H](C)NC(C)C(=O)Nc1ccc2c(c1)C(=O)c1ccccc1C2=O. The molecule has 28 heavy (non-hydrogen) atoms. The van der Waals surface area contributed by atoms with Crippen LogP contribution in [-0.2, 0) is 9.53 Å². The highest BCUT2D eigenvalue weighted by molar-refractivity contribution is 6.28. The summed E-state index contributed by atoms with van der Waals surface area (Å²) in [6, 6.07) is 11.1. The highest BCUT2D eigenvalue weighted by Gasteiger charge is 2.29. The minimum atomic E-state index is -0.457. The van der Waals surface area contributed by atoms with Crippen molar-refractivity contribution in [2.75, 3.05) is 12.4 Å². The zero-order valence-electron chi connectivity index (χ0n) is 16.4. The third kappa shape index (κ3) is 3.74. The van der Waals surface area contributed by atoms with E-state index >= 15 is 0 Å². The van der Waals surface area contributed by atoms with Gasteiger partial charge in [0.15, 0.2) is 11.6 Å². The molecule has 0 saturated heterocycles. The highest BCUT2D eigenvalue weighted by Crippen LogP contribution is 2.29. The second-order valence-electron chi connectivity index (χ2n) is 7.07. The number of hydrogen-bond acceptors (Lipinski definition) is 5. The van der Waals surface area contributed by atoms with Crippen LogP contribution >= 0.6 is 0 Å². The Balaban J connectivity index is 1.78. The van der Waals surface area contributed by atoms with Gasteiger partial charge in [-0.25, -0.2) is 0 Å². The van der Waals surface area contributed by atoms with E-state index in [4.69, 9.17) is 4.74 Å². The van der Waals surface area contributed by atoms with Crippen molar-refractivity contribution in [3.05, 3.63) is 64.7 Å². The first-order valence-corrected chi connectivity index (χ1v) is 9.25. The summed E-state index contributed by atoms with van der Waals surface area (Å²) in [5.74, 6) is -0.624. The molecule has 6 nitrogen and oxygen atoms in total. The van der Waals surface area contributed by atoms with Crippen molar-refractivity contribution in [2.45, 2.75) is 39.0 Å². The highest BCUT2D eigenvalue weighted by atomic mass is 16.5. The number of amides is 1. The first-order chi connectivity index (χ1) is 13.3. The van der Waals surface area contributed by atoms with E-state index in [1.807, 2.05) is 13.8 Å². The molecule has 0 aromatic heterocycles. The second-order valence-corrected chi connectivity index (χ2v) is 7.07. The third-order valence-electron chi connectivity index (χ3n) is 5.17. The zero-order valence-corrected chi connectivity index (χ0v) is 16.4. The molecule has 3 atom stereocenters. The number of carbonyl (C=O) groups excluding carboxylic acids is 3. The van der Waals surface area contributed by atoms with E-state index in [9.17, 15) is 14.4 Å². The van der Waals surface area contributed by atoms with Crippen LogP contribution < -0.4 is 10.6 Å². The van der Waals surface area contributed by atoms with Crippen LogP contribution in [0.5, 0.6) is 0 Å². The maximum atomic E-state index is 12.8. The predicted octanol–water partition coefficient (Wildman–Crippen LogP) is 2.80. The van der Waals surface area contributed by atoms with Crippen molar-refractivity contribution in [2.24, 2.45) is 0 Å². The Hall–Kier alpha value is -2.83. The number of rotatable bonds is 6. The van der Waals surface area contributed by atoms with Crippen molar-refractivity contribution in [1.82, 2.24) is 5.32 Å². The van der Waals surface area contributed by atoms with E-state index in [1.165, 1.54) is 0 Å². The smallest absolute Gasteiger partial charge is 0.241 e. The largest absolute Gasteiger partial charge is 0.380 e. The molecule has 3 rings (SSSR count). The van der Waals surface area contributed by atoms with Crippen molar-refractivity contribution in [1.29, 1.82) is 0 Å². The van der Waals surface area contributed by atoms with E-state index in [0.717, 1.165) is 0 Å². The maximum absolute atomic E-state index is 12.8. The Kier molecular flexibility index (Phi) is 5.72. The molecule has 1 unspecified atom stereocenters. The van der Waals surface area contributed by atoms with Crippen LogP contribution in [0.15, 0.2) is 42.5 Å². The van der Waals surface area contributed by atoms with E-state index in [-0.39, 0.29) is 29.6 Å². The molecule has 1 aliphatic carbocycles. The topological polar surface area (TPSA) is 84.5 Å². The van der Waals surface area contributed by atoms with Gasteiger partial charge in [-0.05, 0) is 39.0 Å². The molecule has 0 spiro atoms. The molecule has 0 fully saturated rings. The second kappa shape index (κ2) is 8.04. The molecule has 146 valence electrons. The van der Waals surface area contributed by atoms with Crippen LogP contribution in [0.3, 0.4) is 0 Å². The van der Waals surface area contributed by atoms with Gasteiger partial charge in [0.25, 0.3) is 0 Å². The lowest BCUT2D eigenvalue weighted by molar-refractivity contribution is -0.118. The summed E-state index contributed by atoms with van der Waals surface area (Å²) in [6.45, 7) is 5.63. The molecule has 0 heterocycles. The number of ether oxygens (including phenoxy) is 1. The van der Waals surface area contributed by atoms with Crippen LogP contribution in [0.1, 0.15) is 52.6 Å². The van der Waals surface area contributed by atoms with Crippen LogP contribution in [0, 0.1) is 0 Å². The van der Waals surface area contributed by atoms with Crippen molar-refractivity contribution >= 4 is 23.2 Å². The van der Waals surface area contributed by atoms with Gasteiger partial charge in [0, 0.05) is 41.1 Å².